The second kappa shape index (κ2) is 16.6. The van der Waals surface area contributed by atoms with E-state index in [0.29, 0.717) is 17.6 Å². The highest BCUT2D eigenvalue weighted by Gasteiger charge is 2.26. The molecule has 0 saturated heterocycles. The van der Waals surface area contributed by atoms with Gasteiger partial charge in [-0.2, -0.15) is 9.97 Å². The minimum Gasteiger partial charge on any atom is -0.309 e. The Kier molecular flexibility index (Phi) is 9.20. The molecule has 0 aliphatic rings. The first-order valence-electron chi connectivity index (χ1n) is 25.8. The molecule has 7 heteroatoms. The van der Waals surface area contributed by atoms with E-state index in [0.717, 1.165) is 105 Å². The van der Waals surface area contributed by atoms with Crippen LogP contribution in [0.5, 0.6) is 0 Å². The SMILES string of the molecule is c1ccc(-c2cccc(-n3c4ccc(-n5c6ccccc6c6ccccc65)cc4c4ccc5c6ccccc6n(-c6nc(-c7ccccc7)nc(-c7cccc8c9ccccc9n(-c9ccccc9)c78)n6)c5c43)c2)cc1. The molecule has 0 spiro atoms. The molecule has 16 rings (SSSR count). The van der Waals surface area contributed by atoms with Gasteiger partial charge in [0.25, 0.3) is 0 Å². The largest absolute Gasteiger partial charge is 0.309 e. The van der Waals surface area contributed by atoms with Gasteiger partial charge in [0, 0.05) is 71.3 Å². The molecule has 16 aromatic rings. The summed E-state index contributed by atoms with van der Waals surface area (Å²) >= 11 is 0. The van der Waals surface area contributed by atoms with Gasteiger partial charge >= 0.3 is 0 Å². The molecule has 7 nitrogen and oxygen atoms in total. The second-order valence-electron chi connectivity index (χ2n) is 19.6. The average molecular weight is 970 g/mol. The Bertz CT molecular complexity index is 4930. The molecule has 76 heavy (non-hydrogen) atoms. The Morgan fingerprint density at radius 3 is 1.33 bits per heavy atom. The lowest BCUT2D eigenvalue weighted by Gasteiger charge is -2.15. The van der Waals surface area contributed by atoms with Crippen molar-refractivity contribution in [1.82, 2.24) is 33.2 Å². The predicted molar refractivity (Wildman–Crippen MR) is 313 cm³/mol. The van der Waals surface area contributed by atoms with E-state index in [2.05, 4.69) is 261 Å². The molecule has 0 bridgehead atoms. The van der Waals surface area contributed by atoms with E-state index in [1.807, 2.05) is 18.2 Å². The van der Waals surface area contributed by atoms with Crippen LogP contribution in [0.4, 0.5) is 0 Å². The number of nitrogens with zero attached hydrogens (tertiary/aromatic N) is 7. The summed E-state index contributed by atoms with van der Waals surface area (Å²) in [6.07, 6.45) is 0. The number of hydrogen-bond donors (Lipinski definition) is 0. The van der Waals surface area contributed by atoms with Crippen molar-refractivity contribution in [3.05, 3.63) is 261 Å². The monoisotopic (exact) mass is 969 g/mol. The zero-order chi connectivity index (χ0) is 49.8. The van der Waals surface area contributed by atoms with Crippen molar-refractivity contribution >= 4 is 87.2 Å². The summed E-state index contributed by atoms with van der Waals surface area (Å²) in [5, 5.41) is 9.22. The van der Waals surface area contributed by atoms with Crippen molar-refractivity contribution in [3.63, 3.8) is 0 Å². The molecule has 0 N–H and O–H groups in total. The van der Waals surface area contributed by atoms with Crippen LogP contribution in [0.25, 0.3) is 144 Å². The van der Waals surface area contributed by atoms with Gasteiger partial charge in [0.15, 0.2) is 11.6 Å². The fourth-order valence-electron chi connectivity index (χ4n) is 12.2. The van der Waals surface area contributed by atoms with Crippen LogP contribution in [-0.4, -0.2) is 33.2 Å². The highest BCUT2D eigenvalue weighted by atomic mass is 15.2. The van der Waals surface area contributed by atoms with Crippen LogP contribution in [0.2, 0.25) is 0 Å². The topological polar surface area (TPSA) is 58.4 Å². The van der Waals surface area contributed by atoms with E-state index < -0.39 is 0 Å². The summed E-state index contributed by atoms with van der Waals surface area (Å²) in [6, 6.07) is 93.3. The van der Waals surface area contributed by atoms with Gasteiger partial charge in [0.05, 0.1) is 44.1 Å². The Morgan fingerprint density at radius 1 is 0.224 bits per heavy atom. The first-order valence-corrected chi connectivity index (χ1v) is 25.8. The molecule has 0 amide bonds. The fourth-order valence-corrected chi connectivity index (χ4v) is 12.2. The van der Waals surface area contributed by atoms with Crippen LogP contribution in [0.15, 0.2) is 261 Å². The summed E-state index contributed by atoms with van der Waals surface area (Å²) in [4.78, 5) is 16.6. The van der Waals surface area contributed by atoms with Crippen LogP contribution in [0, 0.1) is 0 Å². The number of fused-ring (bicyclic) bond motifs is 13. The van der Waals surface area contributed by atoms with Gasteiger partial charge in [-0.3, -0.25) is 4.57 Å². The number of para-hydroxylation sites is 6. The summed E-state index contributed by atoms with van der Waals surface area (Å²) in [5.74, 6) is 1.70. The number of benzene rings is 11. The van der Waals surface area contributed by atoms with Crippen LogP contribution in [0.3, 0.4) is 0 Å². The van der Waals surface area contributed by atoms with E-state index >= 15 is 0 Å². The molecule has 0 aliphatic heterocycles. The molecule has 0 aliphatic carbocycles. The molecule has 0 unspecified atom stereocenters. The lowest BCUT2D eigenvalue weighted by atomic mass is 10.1. The smallest absolute Gasteiger partial charge is 0.238 e. The standard InChI is InChI=1S/C69H43N7/c1-4-20-44(21-5-1)46-24-18-27-48(42-46)75-63-41-38-49(73-59-34-14-10-28-50(59)51-29-11-15-35-60(51)73)43-58(63)56-40-39-55-53-31-13-17-37-62(53)76(66(55)65(56)75)69-71-67(45-22-6-2-7-23-45)70-68(72-69)57-33-19-32-54-52-30-12-16-36-61(52)74(64(54)57)47-25-8-3-9-26-47/h1-43H. The third-order valence-corrected chi connectivity index (χ3v) is 15.4. The quantitative estimate of drug-likeness (QED) is 0.160. The fraction of sp³-hybridized carbons (Fsp3) is 0. The Hall–Kier alpha value is -10.4. The Labute approximate surface area is 436 Å². The molecule has 0 radical (unpaired) electrons. The summed E-state index contributed by atoms with van der Waals surface area (Å²) < 4.78 is 9.52. The lowest BCUT2D eigenvalue weighted by molar-refractivity contribution is 0.953. The second-order valence-corrected chi connectivity index (χ2v) is 19.6. The Morgan fingerprint density at radius 2 is 0.658 bits per heavy atom. The molecular weight excluding hydrogens is 927 g/mol. The highest BCUT2D eigenvalue weighted by Crippen LogP contribution is 2.44. The van der Waals surface area contributed by atoms with E-state index in [4.69, 9.17) is 15.0 Å². The van der Waals surface area contributed by atoms with Gasteiger partial charge in [-0.15, -0.1) is 0 Å². The minimum absolute atomic E-state index is 0.530. The van der Waals surface area contributed by atoms with Crippen LogP contribution < -0.4 is 0 Å². The molecule has 5 heterocycles. The van der Waals surface area contributed by atoms with Crippen molar-refractivity contribution in [2.45, 2.75) is 0 Å². The van der Waals surface area contributed by atoms with E-state index in [1.54, 1.807) is 0 Å². The van der Waals surface area contributed by atoms with Crippen LogP contribution in [0.1, 0.15) is 0 Å². The van der Waals surface area contributed by atoms with Gasteiger partial charge in [-0.05, 0) is 83.9 Å². The third kappa shape index (κ3) is 6.26. The number of aromatic nitrogens is 7. The minimum atomic E-state index is 0.530. The van der Waals surface area contributed by atoms with Gasteiger partial charge in [0.2, 0.25) is 5.95 Å². The summed E-state index contributed by atoms with van der Waals surface area (Å²) in [6.45, 7) is 0. The van der Waals surface area contributed by atoms with E-state index in [9.17, 15) is 0 Å². The molecule has 5 aromatic heterocycles. The molecule has 0 saturated carbocycles. The average Bonchev–Trinajstić information content (AvgIpc) is 4.30. The predicted octanol–water partition coefficient (Wildman–Crippen LogP) is 17.3. The van der Waals surface area contributed by atoms with E-state index in [1.165, 1.54) is 21.8 Å². The molecule has 0 fully saturated rings. The first-order chi connectivity index (χ1) is 37.7. The molecular formula is C69H43N7. The maximum Gasteiger partial charge on any atom is 0.238 e. The third-order valence-electron chi connectivity index (χ3n) is 15.4. The number of hydrogen-bond acceptors (Lipinski definition) is 3. The first kappa shape index (κ1) is 42.2. The van der Waals surface area contributed by atoms with Crippen molar-refractivity contribution in [1.29, 1.82) is 0 Å². The van der Waals surface area contributed by atoms with Gasteiger partial charge in [-0.25, -0.2) is 4.98 Å². The van der Waals surface area contributed by atoms with Crippen LogP contribution >= 0.6 is 0 Å². The maximum atomic E-state index is 5.66. The maximum absolute atomic E-state index is 5.66. The van der Waals surface area contributed by atoms with Crippen molar-refractivity contribution in [2.75, 3.05) is 0 Å². The van der Waals surface area contributed by atoms with Gasteiger partial charge in [-0.1, -0.05) is 188 Å². The van der Waals surface area contributed by atoms with Gasteiger partial charge < -0.3 is 13.7 Å². The lowest BCUT2D eigenvalue weighted by Crippen LogP contribution is -2.08. The van der Waals surface area contributed by atoms with Crippen molar-refractivity contribution < 1.29 is 0 Å². The Balaban J connectivity index is 1.03. The molecule has 11 aromatic carbocycles. The normalized spacial score (nSPS) is 11.9. The molecule has 0 atom stereocenters. The summed E-state index contributed by atoms with van der Waals surface area (Å²) in [5.41, 5.74) is 16.0. The highest BCUT2D eigenvalue weighted by molar-refractivity contribution is 6.24. The van der Waals surface area contributed by atoms with Crippen molar-refractivity contribution in [2.24, 2.45) is 0 Å². The van der Waals surface area contributed by atoms with Crippen molar-refractivity contribution in [3.8, 4) is 56.9 Å². The van der Waals surface area contributed by atoms with Crippen LogP contribution in [-0.2, 0) is 0 Å². The van der Waals surface area contributed by atoms with E-state index in [-0.39, 0.29) is 0 Å². The summed E-state index contributed by atoms with van der Waals surface area (Å²) in [7, 11) is 0. The zero-order valence-electron chi connectivity index (χ0n) is 41.0. The van der Waals surface area contributed by atoms with Gasteiger partial charge in [0.1, 0.15) is 0 Å². The zero-order valence-corrected chi connectivity index (χ0v) is 41.0. The number of rotatable bonds is 7. The molecule has 354 valence electrons.